The van der Waals surface area contributed by atoms with Crippen molar-refractivity contribution in [3.05, 3.63) is 65.5 Å². The van der Waals surface area contributed by atoms with Crippen molar-refractivity contribution in [1.29, 1.82) is 0 Å². The maximum Gasteiger partial charge on any atom is 0.387 e. The Morgan fingerprint density at radius 3 is 2.55 bits per heavy atom. The quantitative estimate of drug-likeness (QED) is 0.640. The van der Waals surface area contributed by atoms with Crippen LogP contribution in [-0.4, -0.2) is 45.2 Å². The molecule has 8 heteroatoms. The number of benzene rings is 2. The monoisotopic (exact) mass is 408 g/mol. The largest absolute Gasteiger partial charge is 0.493 e. The number of nitrogens with one attached hydrogen (secondary N) is 1. The van der Waals surface area contributed by atoms with Crippen molar-refractivity contribution < 1.29 is 27.4 Å². The number of likely N-dealkylation sites (N-methyl/N-ethyl adjacent to an activating group) is 1. The van der Waals surface area contributed by atoms with Crippen molar-refractivity contribution in [3.8, 4) is 11.5 Å². The van der Waals surface area contributed by atoms with Crippen LogP contribution in [0, 0.1) is 5.82 Å². The summed E-state index contributed by atoms with van der Waals surface area (Å²) in [5, 5.41) is 2.77. The van der Waals surface area contributed by atoms with E-state index in [0.29, 0.717) is 5.56 Å². The summed E-state index contributed by atoms with van der Waals surface area (Å²) in [5.74, 6) is -0.645. The highest BCUT2D eigenvalue weighted by molar-refractivity contribution is 5.91. The number of ether oxygens (including phenoxy) is 2. The molecule has 0 aliphatic heterocycles. The molecule has 1 unspecified atom stereocenters. The van der Waals surface area contributed by atoms with E-state index in [1.54, 1.807) is 12.1 Å². The lowest BCUT2D eigenvalue weighted by Crippen LogP contribution is -2.33. The minimum absolute atomic E-state index is 0.0898. The van der Waals surface area contributed by atoms with Gasteiger partial charge in [0.2, 0.25) is 5.91 Å². The van der Waals surface area contributed by atoms with Crippen LogP contribution in [0.2, 0.25) is 0 Å². The van der Waals surface area contributed by atoms with Gasteiger partial charge in [0.25, 0.3) is 0 Å². The molecule has 29 heavy (non-hydrogen) atoms. The van der Waals surface area contributed by atoms with Crippen LogP contribution in [0.15, 0.2) is 48.5 Å². The SMILES string of the molecule is COc1cc(/C=C/C(=O)NCC(c2cccc(F)c2)N(C)C)ccc1OC(F)F. The van der Waals surface area contributed by atoms with Crippen molar-refractivity contribution in [3.63, 3.8) is 0 Å². The summed E-state index contributed by atoms with van der Waals surface area (Å²) in [6.07, 6.45) is 2.84. The number of methoxy groups -OCH3 is 1. The van der Waals surface area contributed by atoms with E-state index in [9.17, 15) is 18.0 Å². The summed E-state index contributed by atoms with van der Waals surface area (Å²) in [6, 6.07) is 10.4. The van der Waals surface area contributed by atoms with Gasteiger partial charge < -0.3 is 19.7 Å². The van der Waals surface area contributed by atoms with Gasteiger partial charge in [0.1, 0.15) is 5.82 Å². The zero-order chi connectivity index (χ0) is 21.4. The van der Waals surface area contributed by atoms with E-state index in [-0.39, 0.29) is 35.8 Å². The first-order valence-corrected chi connectivity index (χ1v) is 8.80. The predicted octanol–water partition coefficient (Wildman–Crippen LogP) is 3.87. The number of carbonyl (C=O) groups is 1. The summed E-state index contributed by atoms with van der Waals surface area (Å²) in [5.41, 5.74) is 1.33. The molecule has 1 atom stereocenters. The van der Waals surface area contributed by atoms with E-state index < -0.39 is 6.61 Å². The summed E-state index contributed by atoms with van der Waals surface area (Å²) >= 11 is 0. The standard InChI is InChI=1S/C21H23F3N2O3/c1-26(2)17(15-5-4-6-16(22)12-15)13-25-20(27)10-8-14-7-9-18(29-21(23)24)19(11-14)28-3/h4-12,17,21H,13H2,1-3H3,(H,25,27)/b10-8+. The Morgan fingerprint density at radius 2 is 1.93 bits per heavy atom. The molecule has 0 aliphatic carbocycles. The fourth-order valence-corrected chi connectivity index (χ4v) is 2.72. The number of nitrogens with zero attached hydrogens (tertiary/aromatic N) is 1. The van der Waals surface area contributed by atoms with Gasteiger partial charge in [0, 0.05) is 12.6 Å². The van der Waals surface area contributed by atoms with Crippen molar-refractivity contribution in [2.24, 2.45) is 0 Å². The molecule has 0 radical (unpaired) electrons. The molecular formula is C21H23F3N2O3. The van der Waals surface area contributed by atoms with E-state index >= 15 is 0 Å². The second-order valence-corrected chi connectivity index (χ2v) is 6.40. The minimum atomic E-state index is -2.96. The fourth-order valence-electron chi connectivity index (χ4n) is 2.72. The Balaban J connectivity index is 2.01. The number of amides is 1. The molecule has 0 saturated heterocycles. The summed E-state index contributed by atoms with van der Waals surface area (Å²) in [7, 11) is 5.02. The second kappa shape index (κ2) is 10.5. The van der Waals surface area contributed by atoms with E-state index in [2.05, 4.69) is 10.1 Å². The van der Waals surface area contributed by atoms with Crippen LogP contribution in [0.5, 0.6) is 11.5 Å². The summed E-state index contributed by atoms with van der Waals surface area (Å²) in [6.45, 7) is -2.68. The van der Waals surface area contributed by atoms with Gasteiger partial charge in [0.05, 0.1) is 13.2 Å². The van der Waals surface area contributed by atoms with E-state index in [1.807, 2.05) is 19.0 Å². The number of hydrogen-bond donors (Lipinski definition) is 1. The molecule has 0 aliphatic rings. The molecule has 0 spiro atoms. The van der Waals surface area contributed by atoms with E-state index in [0.717, 1.165) is 5.56 Å². The molecule has 1 amide bonds. The number of carbonyl (C=O) groups excluding carboxylic acids is 1. The highest BCUT2D eigenvalue weighted by Gasteiger charge is 2.15. The molecule has 0 fully saturated rings. The number of halogens is 3. The first kappa shape index (κ1) is 22.3. The van der Waals surface area contributed by atoms with Crippen LogP contribution in [0.4, 0.5) is 13.2 Å². The molecule has 2 aromatic carbocycles. The van der Waals surface area contributed by atoms with Crippen molar-refractivity contribution in [1.82, 2.24) is 10.2 Å². The van der Waals surface area contributed by atoms with Gasteiger partial charge in [-0.05, 0) is 55.6 Å². The topological polar surface area (TPSA) is 50.8 Å². The molecule has 2 aromatic rings. The lowest BCUT2D eigenvalue weighted by Gasteiger charge is -2.24. The van der Waals surface area contributed by atoms with Crippen LogP contribution >= 0.6 is 0 Å². The zero-order valence-electron chi connectivity index (χ0n) is 16.4. The third-order valence-corrected chi connectivity index (χ3v) is 4.16. The van der Waals surface area contributed by atoms with E-state index in [1.165, 1.54) is 49.6 Å². The average Bonchev–Trinajstić information content (AvgIpc) is 2.66. The maximum absolute atomic E-state index is 13.5. The van der Waals surface area contributed by atoms with Crippen LogP contribution < -0.4 is 14.8 Å². The Labute approximate surface area is 167 Å². The van der Waals surface area contributed by atoms with Gasteiger partial charge in [0.15, 0.2) is 11.5 Å². The van der Waals surface area contributed by atoms with Gasteiger partial charge >= 0.3 is 6.61 Å². The Hall–Kier alpha value is -3.00. The first-order valence-electron chi connectivity index (χ1n) is 8.80. The summed E-state index contributed by atoms with van der Waals surface area (Å²) < 4.78 is 47.6. The molecule has 5 nitrogen and oxygen atoms in total. The molecule has 0 saturated carbocycles. The second-order valence-electron chi connectivity index (χ2n) is 6.40. The average molecular weight is 408 g/mol. The molecule has 156 valence electrons. The van der Waals surface area contributed by atoms with Crippen LogP contribution in [0.3, 0.4) is 0 Å². The fraction of sp³-hybridized carbons (Fsp3) is 0.286. The van der Waals surface area contributed by atoms with Gasteiger partial charge in [-0.1, -0.05) is 18.2 Å². The molecule has 1 N–H and O–H groups in total. The highest BCUT2D eigenvalue weighted by atomic mass is 19.3. The maximum atomic E-state index is 13.5. The van der Waals surface area contributed by atoms with Gasteiger partial charge in [-0.2, -0.15) is 8.78 Å². The number of rotatable bonds is 9. The third-order valence-electron chi connectivity index (χ3n) is 4.16. The van der Waals surface area contributed by atoms with Crippen molar-refractivity contribution in [2.45, 2.75) is 12.7 Å². The minimum Gasteiger partial charge on any atom is -0.493 e. The molecule has 0 heterocycles. The predicted molar refractivity (Wildman–Crippen MR) is 104 cm³/mol. The first-order chi connectivity index (χ1) is 13.8. The third kappa shape index (κ3) is 6.83. The highest BCUT2D eigenvalue weighted by Crippen LogP contribution is 2.29. The lowest BCUT2D eigenvalue weighted by atomic mass is 10.1. The summed E-state index contributed by atoms with van der Waals surface area (Å²) in [4.78, 5) is 14.0. The smallest absolute Gasteiger partial charge is 0.387 e. The molecule has 0 bridgehead atoms. The molecule has 0 aromatic heterocycles. The van der Waals surface area contributed by atoms with Crippen LogP contribution in [0.1, 0.15) is 17.2 Å². The van der Waals surface area contributed by atoms with Crippen molar-refractivity contribution in [2.75, 3.05) is 27.7 Å². The molecule has 2 rings (SSSR count). The molecular weight excluding hydrogens is 385 g/mol. The van der Waals surface area contributed by atoms with E-state index in [4.69, 9.17) is 4.74 Å². The number of alkyl halides is 2. The zero-order valence-corrected chi connectivity index (χ0v) is 16.4. The van der Waals surface area contributed by atoms with Crippen molar-refractivity contribution >= 4 is 12.0 Å². The van der Waals surface area contributed by atoms with Gasteiger partial charge in [-0.15, -0.1) is 0 Å². The Morgan fingerprint density at radius 1 is 1.17 bits per heavy atom. The van der Waals surface area contributed by atoms with Crippen LogP contribution in [0.25, 0.3) is 6.08 Å². The number of hydrogen-bond acceptors (Lipinski definition) is 4. The lowest BCUT2D eigenvalue weighted by molar-refractivity contribution is -0.116. The van der Waals surface area contributed by atoms with Gasteiger partial charge in [-0.25, -0.2) is 4.39 Å². The Kier molecular flexibility index (Phi) is 8.09. The Bertz CT molecular complexity index is 857. The normalized spacial score (nSPS) is 12.4. The van der Waals surface area contributed by atoms with Crippen LogP contribution in [-0.2, 0) is 4.79 Å². The van der Waals surface area contributed by atoms with Gasteiger partial charge in [-0.3, -0.25) is 4.79 Å².